The molecule has 3 N–H and O–H groups in total. The lowest BCUT2D eigenvalue weighted by Crippen LogP contribution is -2.41. The summed E-state index contributed by atoms with van der Waals surface area (Å²) in [6.45, 7) is 0.254. The van der Waals surface area contributed by atoms with Crippen LogP contribution in [0.25, 0.3) is 0 Å². The van der Waals surface area contributed by atoms with Crippen molar-refractivity contribution in [3.63, 3.8) is 0 Å². The van der Waals surface area contributed by atoms with Gasteiger partial charge in [0.2, 0.25) is 0 Å². The second kappa shape index (κ2) is 6.21. The lowest BCUT2D eigenvalue weighted by molar-refractivity contribution is 0.0638. The molecule has 104 valence electrons. The molecule has 0 aliphatic heterocycles. The molecule has 0 aromatic carbocycles. The van der Waals surface area contributed by atoms with Crippen LogP contribution < -0.4 is 5.73 Å². The summed E-state index contributed by atoms with van der Waals surface area (Å²) in [6, 6.07) is 1.72. The van der Waals surface area contributed by atoms with Gasteiger partial charge in [-0.25, -0.2) is 4.98 Å². The lowest BCUT2D eigenvalue weighted by atomic mass is 10.1. The van der Waals surface area contributed by atoms with Gasteiger partial charge in [0, 0.05) is 12.6 Å². The van der Waals surface area contributed by atoms with Crippen LogP contribution in [0.3, 0.4) is 0 Å². The van der Waals surface area contributed by atoms with Gasteiger partial charge in [-0.3, -0.25) is 4.79 Å². The highest BCUT2D eigenvalue weighted by Crippen LogP contribution is 2.26. The molecule has 5 nitrogen and oxygen atoms in total. The molecule has 1 aromatic heterocycles. The number of amides is 1. The van der Waals surface area contributed by atoms with Gasteiger partial charge in [-0.2, -0.15) is 0 Å². The summed E-state index contributed by atoms with van der Waals surface area (Å²) < 4.78 is 0. The molecule has 0 radical (unpaired) electrons. The third-order valence-electron chi connectivity index (χ3n) is 3.46. The van der Waals surface area contributed by atoms with Gasteiger partial charge in [0.25, 0.3) is 5.91 Å². The van der Waals surface area contributed by atoms with Crippen LogP contribution in [0.1, 0.15) is 36.0 Å². The standard InChI is InChI=1S/C13H18ClN3O2/c14-12-11(7-9(15)8-16-12)13(19)17(5-6-18)10-3-1-2-4-10/h7-8,10,18H,1-6,15H2. The van der Waals surface area contributed by atoms with Gasteiger partial charge in [0.15, 0.2) is 0 Å². The van der Waals surface area contributed by atoms with Crippen molar-refractivity contribution in [2.75, 3.05) is 18.9 Å². The second-order valence-electron chi connectivity index (χ2n) is 4.77. The van der Waals surface area contributed by atoms with Gasteiger partial charge < -0.3 is 15.7 Å². The molecule has 1 heterocycles. The van der Waals surface area contributed by atoms with Crippen molar-refractivity contribution in [1.29, 1.82) is 0 Å². The SMILES string of the molecule is Nc1cnc(Cl)c(C(=O)N(CCO)C2CCCC2)c1. The number of aliphatic hydroxyl groups is 1. The fraction of sp³-hybridized carbons (Fsp3) is 0.538. The zero-order chi connectivity index (χ0) is 13.8. The number of rotatable bonds is 4. The Morgan fingerprint density at radius 1 is 1.53 bits per heavy atom. The van der Waals surface area contributed by atoms with E-state index in [1.54, 1.807) is 4.90 Å². The van der Waals surface area contributed by atoms with Crippen LogP contribution in [0.5, 0.6) is 0 Å². The number of pyridine rings is 1. The number of anilines is 1. The molecule has 0 unspecified atom stereocenters. The summed E-state index contributed by atoms with van der Waals surface area (Å²) in [5.41, 5.74) is 6.36. The molecule has 1 aromatic rings. The molecule has 0 atom stereocenters. The first kappa shape index (κ1) is 14.1. The normalized spacial score (nSPS) is 15.7. The summed E-state index contributed by atoms with van der Waals surface area (Å²) in [4.78, 5) is 18.1. The van der Waals surface area contributed by atoms with Crippen LogP contribution in [-0.4, -0.2) is 40.1 Å². The minimum atomic E-state index is -0.203. The molecule has 1 saturated carbocycles. The molecular formula is C13H18ClN3O2. The smallest absolute Gasteiger partial charge is 0.257 e. The molecule has 6 heteroatoms. The number of carbonyl (C=O) groups is 1. The molecule has 0 bridgehead atoms. The molecule has 0 saturated heterocycles. The number of aliphatic hydroxyl groups excluding tert-OH is 1. The first-order valence-corrected chi connectivity index (χ1v) is 6.84. The van der Waals surface area contributed by atoms with E-state index in [0.29, 0.717) is 17.8 Å². The predicted octanol–water partition coefficient (Wildman–Crippen LogP) is 1.69. The molecule has 0 spiro atoms. The molecular weight excluding hydrogens is 266 g/mol. The minimum absolute atomic E-state index is 0.0599. The monoisotopic (exact) mass is 283 g/mol. The van der Waals surface area contributed by atoms with E-state index in [-0.39, 0.29) is 23.7 Å². The Balaban J connectivity index is 2.25. The predicted molar refractivity (Wildman–Crippen MR) is 74.0 cm³/mol. The topological polar surface area (TPSA) is 79.5 Å². The zero-order valence-corrected chi connectivity index (χ0v) is 11.4. The Kier molecular flexibility index (Phi) is 4.61. The van der Waals surface area contributed by atoms with Gasteiger partial charge in [-0.15, -0.1) is 0 Å². The summed E-state index contributed by atoms with van der Waals surface area (Å²) in [7, 11) is 0. The Hall–Kier alpha value is -1.33. The average molecular weight is 284 g/mol. The van der Waals surface area contributed by atoms with Gasteiger partial charge in [-0.05, 0) is 18.9 Å². The van der Waals surface area contributed by atoms with Gasteiger partial charge in [-0.1, -0.05) is 24.4 Å². The number of halogens is 1. The Morgan fingerprint density at radius 3 is 2.84 bits per heavy atom. The number of nitrogen functional groups attached to an aromatic ring is 1. The summed E-state index contributed by atoms with van der Waals surface area (Å²) in [5, 5.41) is 9.30. The molecule has 1 amide bonds. The van der Waals surface area contributed by atoms with E-state index < -0.39 is 0 Å². The highest BCUT2D eigenvalue weighted by molar-refractivity contribution is 6.32. The highest BCUT2D eigenvalue weighted by Gasteiger charge is 2.28. The molecule has 19 heavy (non-hydrogen) atoms. The fourth-order valence-corrected chi connectivity index (χ4v) is 2.73. The molecule has 1 aliphatic rings. The van der Waals surface area contributed by atoms with Crippen molar-refractivity contribution in [2.45, 2.75) is 31.7 Å². The van der Waals surface area contributed by atoms with Crippen LogP contribution in [0.2, 0.25) is 5.15 Å². The van der Waals surface area contributed by atoms with E-state index in [0.717, 1.165) is 25.7 Å². The summed E-state index contributed by atoms with van der Waals surface area (Å²) in [6.07, 6.45) is 5.59. The Morgan fingerprint density at radius 2 is 2.21 bits per heavy atom. The maximum atomic E-state index is 12.5. The van der Waals surface area contributed by atoms with E-state index in [1.165, 1.54) is 12.3 Å². The highest BCUT2D eigenvalue weighted by atomic mass is 35.5. The number of hydrogen-bond acceptors (Lipinski definition) is 4. The molecule has 1 aliphatic carbocycles. The number of carbonyl (C=O) groups excluding carboxylic acids is 1. The van der Waals surface area contributed by atoms with Gasteiger partial charge in [0.05, 0.1) is 24.1 Å². The van der Waals surface area contributed by atoms with E-state index in [1.807, 2.05) is 0 Å². The van der Waals surface area contributed by atoms with Gasteiger partial charge >= 0.3 is 0 Å². The van der Waals surface area contributed by atoms with E-state index in [4.69, 9.17) is 22.4 Å². The average Bonchev–Trinajstić information content (AvgIpc) is 2.92. The quantitative estimate of drug-likeness (QED) is 0.824. The van der Waals surface area contributed by atoms with Crippen LogP contribution in [-0.2, 0) is 0 Å². The lowest BCUT2D eigenvalue weighted by Gasteiger charge is -2.28. The van der Waals surface area contributed by atoms with Crippen LogP contribution in [0, 0.1) is 0 Å². The van der Waals surface area contributed by atoms with Crippen molar-refractivity contribution in [1.82, 2.24) is 9.88 Å². The summed E-state index contributed by atoms with van der Waals surface area (Å²) in [5.74, 6) is -0.203. The van der Waals surface area contributed by atoms with E-state index >= 15 is 0 Å². The zero-order valence-electron chi connectivity index (χ0n) is 10.7. The Bertz CT molecular complexity index is 461. The maximum absolute atomic E-state index is 12.5. The minimum Gasteiger partial charge on any atom is -0.397 e. The third-order valence-corrected chi connectivity index (χ3v) is 3.76. The molecule has 1 fully saturated rings. The number of nitrogens with zero attached hydrogens (tertiary/aromatic N) is 2. The largest absolute Gasteiger partial charge is 0.397 e. The van der Waals surface area contributed by atoms with Crippen LogP contribution >= 0.6 is 11.6 Å². The van der Waals surface area contributed by atoms with Crippen molar-refractivity contribution in [3.05, 3.63) is 23.0 Å². The first-order valence-electron chi connectivity index (χ1n) is 6.46. The van der Waals surface area contributed by atoms with Crippen molar-refractivity contribution < 1.29 is 9.90 Å². The van der Waals surface area contributed by atoms with Crippen molar-refractivity contribution in [3.8, 4) is 0 Å². The van der Waals surface area contributed by atoms with Crippen molar-refractivity contribution in [2.24, 2.45) is 0 Å². The van der Waals surface area contributed by atoms with Crippen LogP contribution in [0.15, 0.2) is 12.3 Å². The third kappa shape index (κ3) is 3.16. The second-order valence-corrected chi connectivity index (χ2v) is 5.13. The van der Waals surface area contributed by atoms with Crippen molar-refractivity contribution >= 4 is 23.2 Å². The van der Waals surface area contributed by atoms with Gasteiger partial charge in [0.1, 0.15) is 5.15 Å². The first-order chi connectivity index (χ1) is 9.13. The van der Waals surface area contributed by atoms with Crippen LogP contribution in [0.4, 0.5) is 5.69 Å². The molecule has 2 rings (SSSR count). The number of hydrogen-bond donors (Lipinski definition) is 2. The number of aromatic nitrogens is 1. The van der Waals surface area contributed by atoms with E-state index in [2.05, 4.69) is 4.98 Å². The maximum Gasteiger partial charge on any atom is 0.257 e. The Labute approximate surface area is 117 Å². The van der Waals surface area contributed by atoms with E-state index in [9.17, 15) is 4.79 Å². The fourth-order valence-electron chi connectivity index (χ4n) is 2.54. The summed E-state index contributed by atoms with van der Waals surface area (Å²) >= 11 is 5.97. The number of nitrogens with two attached hydrogens (primary N) is 1.